The van der Waals surface area contributed by atoms with E-state index in [1.807, 2.05) is 12.1 Å². The van der Waals surface area contributed by atoms with Crippen LogP contribution in [0.15, 0.2) is 24.3 Å². The summed E-state index contributed by atoms with van der Waals surface area (Å²) in [4.78, 5) is 23.3. The Balaban J connectivity index is 2.80. The minimum Gasteiger partial charge on any atom is -0.467 e. The quantitative estimate of drug-likeness (QED) is 0.813. The van der Waals surface area contributed by atoms with Crippen LogP contribution in [0.3, 0.4) is 0 Å². The lowest BCUT2D eigenvalue weighted by Crippen LogP contribution is -2.44. The third kappa shape index (κ3) is 4.06. The van der Waals surface area contributed by atoms with Crippen molar-refractivity contribution >= 4 is 11.9 Å². The molecule has 0 heterocycles. The van der Waals surface area contributed by atoms with Gasteiger partial charge in [-0.2, -0.15) is 0 Å². The molecule has 0 saturated carbocycles. The van der Waals surface area contributed by atoms with Crippen molar-refractivity contribution in [2.75, 3.05) is 13.7 Å². The highest BCUT2D eigenvalue weighted by molar-refractivity contribution is 5.96. The molecule has 20 heavy (non-hydrogen) atoms. The van der Waals surface area contributed by atoms with Crippen LogP contribution in [-0.2, 0) is 14.9 Å². The molecular formula is C15H21NO4. The van der Waals surface area contributed by atoms with E-state index in [1.54, 1.807) is 12.1 Å². The molecule has 1 unspecified atom stereocenters. The van der Waals surface area contributed by atoms with Crippen LogP contribution in [0.2, 0.25) is 0 Å². The number of methoxy groups -OCH3 is 1. The Morgan fingerprint density at radius 1 is 1.25 bits per heavy atom. The van der Waals surface area contributed by atoms with E-state index in [2.05, 4.69) is 30.8 Å². The van der Waals surface area contributed by atoms with Crippen LogP contribution in [0, 0.1) is 0 Å². The molecule has 1 atom stereocenters. The fraction of sp³-hybridized carbons (Fsp3) is 0.467. The van der Waals surface area contributed by atoms with E-state index in [0.717, 1.165) is 5.56 Å². The number of carbonyl (C=O) groups excluding carboxylic acids is 2. The molecule has 5 nitrogen and oxygen atoms in total. The summed E-state index contributed by atoms with van der Waals surface area (Å²) in [6.07, 6.45) is 0. The van der Waals surface area contributed by atoms with Gasteiger partial charge in [0.25, 0.3) is 5.91 Å². The lowest BCUT2D eigenvalue weighted by atomic mass is 9.86. The van der Waals surface area contributed by atoms with E-state index in [0.29, 0.717) is 5.56 Å². The number of nitrogens with one attached hydrogen (secondary N) is 1. The lowest BCUT2D eigenvalue weighted by molar-refractivity contribution is -0.143. The van der Waals surface area contributed by atoms with Crippen molar-refractivity contribution in [1.29, 1.82) is 0 Å². The van der Waals surface area contributed by atoms with Crippen molar-refractivity contribution in [3.8, 4) is 0 Å². The molecule has 0 aromatic heterocycles. The Bertz CT molecular complexity index is 474. The Hall–Kier alpha value is -1.88. The first-order chi connectivity index (χ1) is 9.29. The smallest absolute Gasteiger partial charge is 0.330 e. The maximum Gasteiger partial charge on any atom is 0.330 e. The molecule has 110 valence electrons. The van der Waals surface area contributed by atoms with Crippen LogP contribution >= 0.6 is 0 Å². The standard InChI is InChI=1S/C15H21NO4/c1-15(2,3)11-7-5-10(6-8-11)13(18)16-12(9-17)14(19)20-4/h5-8,12,17H,9H2,1-4H3,(H,16,18). The van der Waals surface area contributed by atoms with Crippen molar-refractivity contribution in [2.24, 2.45) is 0 Å². The summed E-state index contributed by atoms with van der Waals surface area (Å²) in [5.41, 5.74) is 1.55. The lowest BCUT2D eigenvalue weighted by Gasteiger charge is -2.19. The Kier molecular flexibility index (Phi) is 5.27. The molecule has 1 aromatic carbocycles. The number of hydrogen-bond acceptors (Lipinski definition) is 4. The number of esters is 1. The van der Waals surface area contributed by atoms with Crippen molar-refractivity contribution in [3.63, 3.8) is 0 Å². The van der Waals surface area contributed by atoms with E-state index in [-0.39, 0.29) is 5.41 Å². The van der Waals surface area contributed by atoms with E-state index in [1.165, 1.54) is 7.11 Å². The molecule has 0 fully saturated rings. The van der Waals surface area contributed by atoms with Gasteiger partial charge in [0.2, 0.25) is 0 Å². The second-order valence-corrected chi connectivity index (χ2v) is 5.56. The van der Waals surface area contributed by atoms with Gasteiger partial charge in [-0.25, -0.2) is 4.79 Å². The minimum absolute atomic E-state index is 0.00859. The second kappa shape index (κ2) is 6.52. The van der Waals surface area contributed by atoms with E-state index in [9.17, 15) is 9.59 Å². The van der Waals surface area contributed by atoms with Gasteiger partial charge in [0.05, 0.1) is 13.7 Å². The molecular weight excluding hydrogens is 258 g/mol. The molecule has 1 rings (SSSR count). The Morgan fingerprint density at radius 3 is 2.20 bits per heavy atom. The molecule has 0 saturated heterocycles. The SMILES string of the molecule is COC(=O)C(CO)NC(=O)c1ccc(C(C)(C)C)cc1. The molecule has 0 spiro atoms. The van der Waals surface area contributed by atoms with Crippen LogP contribution in [0.5, 0.6) is 0 Å². The first kappa shape index (κ1) is 16.2. The van der Waals surface area contributed by atoms with Crippen LogP contribution in [0.1, 0.15) is 36.7 Å². The Morgan fingerprint density at radius 2 is 1.80 bits per heavy atom. The first-order valence-corrected chi connectivity index (χ1v) is 6.39. The number of benzene rings is 1. The molecule has 5 heteroatoms. The maximum atomic E-state index is 12.0. The third-order valence-electron chi connectivity index (χ3n) is 2.99. The molecule has 0 aliphatic rings. The largest absolute Gasteiger partial charge is 0.467 e. The zero-order chi connectivity index (χ0) is 15.3. The van der Waals surface area contributed by atoms with Crippen molar-refractivity contribution in [3.05, 3.63) is 35.4 Å². The van der Waals surface area contributed by atoms with Gasteiger partial charge >= 0.3 is 5.97 Å². The molecule has 2 N–H and O–H groups in total. The fourth-order valence-corrected chi connectivity index (χ4v) is 1.68. The van der Waals surface area contributed by atoms with Crippen LogP contribution in [0.25, 0.3) is 0 Å². The fourth-order valence-electron chi connectivity index (χ4n) is 1.68. The van der Waals surface area contributed by atoms with E-state index >= 15 is 0 Å². The third-order valence-corrected chi connectivity index (χ3v) is 2.99. The number of aliphatic hydroxyl groups excluding tert-OH is 1. The van der Waals surface area contributed by atoms with Gasteiger partial charge < -0.3 is 15.2 Å². The molecule has 0 aliphatic carbocycles. The van der Waals surface area contributed by atoms with Crippen molar-refractivity contribution < 1.29 is 19.4 Å². The summed E-state index contributed by atoms with van der Waals surface area (Å²) in [6, 6.07) is 6.10. The van der Waals surface area contributed by atoms with Gasteiger partial charge in [0.15, 0.2) is 6.04 Å². The predicted molar refractivity (Wildman–Crippen MR) is 75.5 cm³/mol. The number of aliphatic hydroxyl groups is 1. The molecule has 0 radical (unpaired) electrons. The summed E-state index contributed by atoms with van der Waals surface area (Å²) in [5, 5.41) is 11.5. The van der Waals surface area contributed by atoms with Gasteiger partial charge in [0, 0.05) is 5.56 Å². The van der Waals surface area contributed by atoms with Gasteiger partial charge in [-0.05, 0) is 23.1 Å². The minimum atomic E-state index is -1.05. The van der Waals surface area contributed by atoms with Gasteiger partial charge in [-0.3, -0.25) is 4.79 Å². The Labute approximate surface area is 118 Å². The average molecular weight is 279 g/mol. The monoisotopic (exact) mass is 279 g/mol. The average Bonchev–Trinajstić information content (AvgIpc) is 2.42. The topological polar surface area (TPSA) is 75.6 Å². The normalized spacial score (nSPS) is 12.7. The summed E-state index contributed by atoms with van der Waals surface area (Å²) in [5.74, 6) is -1.10. The number of hydrogen-bond donors (Lipinski definition) is 2. The predicted octanol–water partition coefficient (Wildman–Crippen LogP) is 1.25. The van der Waals surface area contributed by atoms with E-state index in [4.69, 9.17) is 5.11 Å². The number of ether oxygens (including phenoxy) is 1. The molecule has 0 bridgehead atoms. The van der Waals surface area contributed by atoms with Crippen molar-refractivity contribution in [2.45, 2.75) is 32.2 Å². The highest BCUT2D eigenvalue weighted by Gasteiger charge is 2.21. The zero-order valence-electron chi connectivity index (χ0n) is 12.3. The maximum absolute atomic E-state index is 12.0. The van der Waals surface area contributed by atoms with Crippen LogP contribution in [-0.4, -0.2) is 36.7 Å². The number of carbonyl (C=O) groups is 2. The highest BCUT2D eigenvalue weighted by Crippen LogP contribution is 2.22. The summed E-state index contributed by atoms with van der Waals surface area (Å²) >= 11 is 0. The van der Waals surface area contributed by atoms with Crippen LogP contribution < -0.4 is 5.32 Å². The van der Waals surface area contributed by atoms with Gasteiger partial charge in [0.1, 0.15) is 0 Å². The number of rotatable bonds is 4. The molecule has 1 aromatic rings. The van der Waals surface area contributed by atoms with Crippen molar-refractivity contribution in [1.82, 2.24) is 5.32 Å². The van der Waals surface area contributed by atoms with Gasteiger partial charge in [-0.1, -0.05) is 32.9 Å². The first-order valence-electron chi connectivity index (χ1n) is 6.39. The van der Waals surface area contributed by atoms with E-state index < -0.39 is 24.5 Å². The molecule has 0 aliphatic heterocycles. The summed E-state index contributed by atoms with van der Waals surface area (Å²) in [6.45, 7) is 5.75. The summed E-state index contributed by atoms with van der Waals surface area (Å²) < 4.78 is 4.49. The second-order valence-electron chi connectivity index (χ2n) is 5.56. The zero-order valence-corrected chi connectivity index (χ0v) is 12.3. The summed E-state index contributed by atoms with van der Waals surface area (Å²) in [7, 11) is 1.20. The van der Waals surface area contributed by atoms with Crippen LogP contribution in [0.4, 0.5) is 0 Å². The molecule has 1 amide bonds. The van der Waals surface area contributed by atoms with Gasteiger partial charge in [-0.15, -0.1) is 0 Å². The number of amides is 1. The highest BCUT2D eigenvalue weighted by atomic mass is 16.5.